The lowest BCUT2D eigenvalue weighted by molar-refractivity contribution is -0.127. The first-order valence-electron chi connectivity index (χ1n) is 10.5. The second-order valence-electron chi connectivity index (χ2n) is 7.29. The van der Waals surface area contributed by atoms with Crippen LogP contribution in [0.15, 0.2) is 42.6 Å². The molecule has 3 rings (SSSR count). The van der Waals surface area contributed by atoms with Crippen molar-refractivity contribution in [3.8, 4) is 29.7 Å². The molecule has 1 aliphatic heterocycles. The summed E-state index contributed by atoms with van der Waals surface area (Å²) in [7, 11) is 0. The summed E-state index contributed by atoms with van der Waals surface area (Å²) in [4.78, 5) is 19.2. The average molecular weight is 408 g/mol. The van der Waals surface area contributed by atoms with Crippen molar-refractivity contribution in [3.05, 3.63) is 48.2 Å². The molecule has 0 radical (unpaired) electrons. The Morgan fingerprint density at radius 1 is 1.27 bits per heavy atom. The number of rotatable bonds is 9. The van der Waals surface area contributed by atoms with Crippen LogP contribution in [0.2, 0.25) is 0 Å². The van der Waals surface area contributed by atoms with Gasteiger partial charge in [-0.3, -0.25) is 9.69 Å². The number of hydrogen-bond donors (Lipinski definition) is 1. The molecule has 1 atom stereocenters. The highest BCUT2D eigenvalue weighted by atomic mass is 16.5. The van der Waals surface area contributed by atoms with Gasteiger partial charge < -0.3 is 14.8 Å². The van der Waals surface area contributed by atoms with Crippen LogP contribution in [0.25, 0.3) is 0 Å². The van der Waals surface area contributed by atoms with Crippen molar-refractivity contribution in [2.45, 2.75) is 45.2 Å². The average Bonchev–Trinajstić information content (AvgIpc) is 2.78. The van der Waals surface area contributed by atoms with E-state index in [-0.39, 0.29) is 11.9 Å². The van der Waals surface area contributed by atoms with Gasteiger partial charge in [0, 0.05) is 18.3 Å². The molecule has 2 aromatic rings. The molecule has 6 heteroatoms. The number of nitrogens with zero attached hydrogens (tertiary/aromatic N) is 2. The standard InChI is InChI=1S/C24H29N3O3/c1-3-15-27-16-6-5-9-22(27)23(28)26-18-19-8-7-14-25-24(19)30-21-12-10-20(11-13-21)29-17-4-2/h1,7-8,10-14,22H,4-6,9,15-18H2,2H3,(H,26,28). The third kappa shape index (κ3) is 5.98. The largest absolute Gasteiger partial charge is 0.494 e. The van der Waals surface area contributed by atoms with Crippen LogP contribution in [0, 0.1) is 12.3 Å². The van der Waals surface area contributed by atoms with Crippen molar-refractivity contribution in [1.29, 1.82) is 0 Å². The molecule has 1 unspecified atom stereocenters. The maximum Gasteiger partial charge on any atom is 0.237 e. The fourth-order valence-electron chi connectivity index (χ4n) is 3.48. The van der Waals surface area contributed by atoms with Gasteiger partial charge in [0.05, 0.1) is 19.2 Å². The van der Waals surface area contributed by atoms with Crippen LogP contribution in [0.4, 0.5) is 0 Å². The number of terminal acetylenes is 1. The molecule has 1 aromatic carbocycles. The number of aromatic nitrogens is 1. The smallest absolute Gasteiger partial charge is 0.237 e. The summed E-state index contributed by atoms with van der Waals surface area (Å²) in [6, 6.07) is 11.0. The Bertz CT molecular complexity index is 861. The number of pyridine rings is 1. The summed E-state index contributed by atoms with van der Waals surface area (Å²) in [6.45, 7) is 4.46. The third-order valence-electron chi connectivity index (χ3n) is 5.02. The molecular weight excluding hydrogens is 378 g/mol. The number of hydrogen-bond acceptors (Lipinski definition) is 5. The molecule has 1 aliphatic rings. The van der Waals surface area contributed by atoms with E-state index in [4.69, 9.17) is 15.9 Å². The summed E-state index contributed by atoms with van der Waals surface area (Å²) in [5.41, 5.74) is 0.816. The highest BCUT2D eigenvalue weighted by Gasteiger charge is 2.27. The van der Waals surface area contributed by atoms with Gasteiger partial charge in [0.2, 0.25) is 11.8 Å². The van der Waals surface area contributed by atoms with E-state index < -0.39 is 0 Å². The van der Waals surface area contributed by atoms with E-state index in [0.29, 0.717) is 31.3 Å². The van der Waals surface area contributed by atoms with Crippen molar-refractivity contribution in [1.82, 2.24) is 15.2 Å². The molecule has 1 N–H and O–H groups in total. The topological polar surface area (TPSA) is 63.7 Å². The number of benzene rings is 1. The van der Waals surface area contributed by atoms with Gasteiger partial charge in [-0.25, -0.2) is 4.98 Å². The molecule has 6 nitrogen and oxygen atoms in total. The molecule has 0 aliphatic carbocycles. The van der Waals surface area contributed by atoms with E-state index >= 15 is 0 Å². The van der Waals surface area contributed by atoms with E-state index in [1.165, 1.54) is 0 Å². The molecule has 1 fully saturated rings. The second kappa shape index (κ2) is 11.2. The lowest BCUT2D eigenvalue weighted by Gasteiger charge is -2.33. The summed E-state index contributed by atoms with van der Waals surface area (Å²) in [5, 5.41) is 3.03. The minimum Gasteiger partial charge on any atom is -0.494 e. The summed E-state index contributed by atoms with van der Waals surface area (Å²) >= 11 is 0. The summed E-state index contributed by atoms with van der Waals surface area (Å²) in [6.07, 6.45) is 11.0. The van der Waals surface area contributed by atoms with Crippen molar-refractivity contribution >= 4 is 5.91 Å². The van der Waals surface area contributed by atoms with Gasteiger partial charge in [0.15, 0.2) is 0 Å². The van der Waals surface area contributed by atoms with Crippen LogP contribution in [0.3, 0.4) is 0 Å². The molecule has 158 valence electrons. The minimum atomic E-state index is -0.175. The second-order valence-corrected chi connectivity index (χ2v) is 7.29. The highest BCUT2D eigenvalue weighted by Crippen LogP contribution is 2.25. The van der Waals surface area contributed by atoms with Crippen LogP contribution < -0.4 is 14.8 Å². The predicted molar refractivity (Wildman–Crippen MR) is 116 cm³/mol. The number of nitrogens with one attached hydrogen (secondary N) is 1. The van der Waals surface area contributed by atoms with Gasteiger partial charge >= 0.3 is 0 Å². The monoisotopic (exact) mass is 407 g/mol. The van der Waals surface area contributed by atoms with Crippen molar-refractivity contribution in [3.63, 3.8) is 0 Å². The minimum absolute atomic E-state index is 0.00261. The van der Waals surface area contributed by atoms with Crippen LogP contribution >= 0.6 is 0 Å². The van der Waals surface area contributed by atoms with Crippen molar-refractivity contribution in [2.75, 3.05) is 19.7 Å². The Balaban J connectivity index is 1.61. The van der Waals surface area contributed by atoms with Crippen LogP contribution in [0.1, 0.15) is 38.2 Å². The molecule has 1 saturated heterocycles. The van der Waals surface area contributed by atoms with E-state index in [9.17, 15) is 4.79 Å². The maximum absolute atomic E-state index is 12.8. The van der Waals surface area contributed by atoms with E-state index in [2.05, 4.69) is 28.0 Å². The molecule has 2 heterocycles. The highest BCUT2D eigenvalue weighted by molar-refractivity contribution is 5.81. The first-order chi connectivity index (χ1) is 14.7. The Labute approximate surface area is 178 Å². The zero-order valence-electron chi connectivity index (χ0n) is 17.5. The first kappa shape index (κ1) is 21.7. The van der Waals surface area contributed by atoms with Crippen LogP contribution in [-0.2, 0) is 11.3 Å². The summed E-state index contributed by atoms with van der Waals surface area (Å²) in [5.74, 6) is 4.60. The number of likely N-dealkylation sites (tertiary alicyclic amines) is 1. The number of amides is 1. The molecule has 0 saturated carbocycles. The van der Waals surface area contributed by atoms with Gasteiger partial charge in [-0.15, -0.1) is 6.42 Å². The first-order valence-corrected chi connectivity index (χ1v) is 10.5. The van der Waals surface area contributed by atoms with E-state index in [1.54, 1.807) is 6.20 Å². The van der Waals surface area contributed by atoms with E-state index in [0.717, 1.165) is 43.5 Å². The molecule has 0 spiro atoms. The third-order valence-corrected chi connectivity index (χ3v) is 5.02. The summed E-state index contributed by atoms with van der Waals surface area (Å²) < 4.78 is 11.5. The Kier molecular flexibility index (Phi) is 8.10. The molecule has 1 aromatic heterocycles. The SMILES string of the molecule is C#CCN1CCCCC1C(=O)NCc1cccnc1Oc1ccc(OCCC)cc1. The van der Waals surface area contributed by atoms with Crippen LogP contribution in [0.5, 0.6) is 17.4 Å². The molecule has 30 heavy (non-hydrogen) atoms. The maximum atomic E-state index is 12.8. The number of carbonyl (C=O) groups excluding carboxylic acids is 1. The van der Waals surface area contributed by atoms with Gasteiger partial charge in [0.1, 0.15) is 11.5 Å². The van der Waals surface area contributed by atoms with E-state index in [1.807, 2.05) is 36.4 Å². The van der Waals surface area contributed by atoms with Gasteiger partial charge in [-0.05, 0) is 56.1 Å². The normalized spacial score (nSPS) is 16.5. The number of carbonyl (C=O) groups is 1. The van der Waals surface area contributed by atoms with Crippen molar-refractivity contribution in [2.24, 2.45) is 0 Å². The lowest BCUT2D eigenvalue weighted by Crippen LogP contribution is -2.49. The molecule has 0 bridgehead atoms. The van der Waals surface area contributed by atoms with Gasteiger partial charge in [-0.2, -0.15) is 0 Å². The zero-order chi connectivity index (χ0) is 21.2. The fraction of sp³-hybridized carbons (Fsp3) is 0.417. The van der Waals surface area contributed by atoms with Gasteiger partial charge in [0.25, 0.3) is 0 Å². The Morgan fingerprint density at radius 3 is 2.83 bits per heavy atom. The molecule has 1 amide bonds. The lowest BCUT2D eigenvalue weighted by atomic mass is 10.0. The Hall–Kier alpha value is -3.04. The van der Waals surface area contributed by atoms with Gasteiger partial charge in [-0.1, -0.05) is 25.3 Å². The van der Waals surface area contributed by atoms with Crippen LogP contribution in [-0.4, -0.2) is 41.5 Å². The molecular formula is C24H29N3O3. The Morgan fingerprint density at radius 2 is 2.07 bits per heavy atom. The fourth-order valence-corrected chi connectivity index (χ4v) is 3.48. The number of piperidine rings is 1. The predicted octanol–water partition coefficient (Wildman–Crippen LogP) is 3.77. The quantitative estimate of drug-likeness (QED) is 0.641. The number of ether oxygens (including phenoxy) is 2. The van der Waals surface area contributed by atoms with Crippen molar-refractivity contribution < 1.29 is 14.3 Å². The zero-order valence-corrected chi connectivity index (χ0v) is 17.5.